The third-order valence-corrected chi connectivity index (χ3v) is 5.08. The zero-order chi connectivity index (χ0) is 17.2. The number of likely N-dealkylation sites (tertiary alicyclic amines) is 1. The number of nitrogens with zero attached hydrogens (tertiary/aromatic N) is 5. The van der Waals surface area contributed by atoms with Crippen molar-refractivity contribution in [2.45, 2.75) is 32.4 Å². The quantitative estimate of drug-likeness (QED) is 0.825. The van der Waals surface area contributed by atoms with Crippen LogP contribution >= 0.6 is 0 Å². The van der Waals surface area contributed by atoms with Crippen LogP contribution in [0.5, 0.6) is 0 Å². The van der Waals surface area contributed by atoms with Crippen LogP contribution in [0.1, 0.15) is 25.7 Å². The third-order valence-electron chi connectivity index (χ3n) is 5.08. The van der Waals surface area contributed by atoms with E-state index in [0.29, 0.717) is 30.1 Å². The predicted octanol–water partition coefficient (Wildman–Crippen LogP) is 2.05. The van der Waals surface area contributed by atoms with E-state index < -0.39 is 0 Å². The molecule has 8 heteroatoms. The number of furan rings is 1. The third kappa shape index (κ3) is 3.26. The first-order valence-corrected chi connectivity index (χ1v) is 8.89. The minimum Gasteiger partial charge on any atom is -0.461 e. The van der Waals surface area contributed by atoms with E-state index in [-0.39, 0.29) is 6.03 Å². The molecule has 134 valence electrons. The molecule has 2 fully saturated rings. The van der Waals surface area contributed by atoms with Crippen molar-refractivity contribution in [1.29, 1.82) is 0 Å². The second kappa shape index (κ2) is 6.87. The summed E-state index contributed by atoms with van der Waals surface area (Å²) in [6.07, 6.45) is 3.57. The highest BCUT2D eigenvalue weighted by molar-refractivity contribution is 5.76. The lowest BCUT2D eigenvalue weighted by Gasteiger charge is -2.35. The highest BCUT2D eigenvalue weighted by Gasteiger charge is 2.34. The number of rotatable bonds is 5. The standard InChI is InChI=1S/C17H23N5O3/c1-2-21-9-10-22(17(21)23)13-5-7-20(8-6-13)12-15-18-16(19-25-15)14-4-3-11-24-14/h3-4,11,13H,2,5-10,12H2,1H3. The van der Waals surface area contributed by atoms with E-state index in [2.05, 4.69) is 15.0 Å². The molecule has 0 spiro atoms. The molecule has 8 nitrogen and oxygen atoms in total. The van der Waals surface area contributed by atoms with Gasteiger partial charge >= 0.3 is 6.03 Å². The largest absolute Gasteiger partial charge is 0.461 e. The Morgan fingerprint density at radius 3 is 2.76 bits per heavy atom. The molecule has 0 atom stereocenters. The average molecular weight is 345 g/mol. The van der Waals surface area contributed by atoms with Crippen LogP contribution in [0.15, 0.2) is 27.3 Å². The van der Waals surface area contributed by atoms with Gasteiger partial charge in [-0.25, -0.2) is 4.79 Å². The fourth-order valence-electron chi connectivity index (χ4n) is 3.64. The maximum Gasteiger partial charge on any atom is 0.320 e. The van der Waals surface area contributed by atoms with Gasteiger partial charge in [0, 0.05) is 38.8 Å². The molecule has 4 rings (SSSR count). The molecule has 0 aliphatic carbocycles. The molecule has 0 unspecified atom stereocenters. The van der Waals surface area contributed by atoms with Gasteiger partial charge in [0.05, 0.1) is 12.8 Å². The molecule has 2 aliphatic rings. The zero-order valence-corrected chi connectivity index (χ0v) is 14.4. The van der Waals surface area contributed by atoms with Gasteiger partial charge in [0.2, 0.25) is 11.7 Å². The lowest BCUT2D eigenvalue weighted by molar-refractivity contribution is 0.119. The van der Waals surface area contributed by atoms with Gasteiger partial charge in [-0.05, 0) is 31.9 Å². The first kappa shape index (κ1) is 16.1. The number of carbonyl (C=O) groups excluding carboxylic acids is 1. The van der Waals surface area contributed by atoms with Crippen molar-refractivity contribution in [3.63, 3.8) is 0 Å². The number of aromatic nitrogens is 2. The van der Waals surface area contributed by atoms with Crippen molar-refractivity contribution in [2.24, 2.45) is 0 Å². The molecule has 2 amide bonds. The van der Waals surface area contributed by atoms with Gasteiger partial charge in [0.1, 0.15) is 0 Å². The Morgan fingerprint density at radius 1 is 1.24 bits per heavy atom. The molecule has 2 aromatic heterocycles. The summed E-state index contributed by atoms with van der Waals surface area (Å²) in [6.45, 7) is 7.03. The van der Waals surface area contributed by atoms with Gasteiger partial charge in [0.15, 0.2) is 5.76 Å². The van der Waals surface area contributed by atoms with Crippen molar-refractivity contribution in [3.8, 4) is 11.6 Å². The minimum atomic E-state index is 0.195. The number of likely N-dealkylation sites (N-methyl/N-ethyl adjacent to an activating group) is 1. The van der Waals surface area contributed by atoms with Crippen LogP contribution in [0.2, 0.25) is 0 Å². The maximum absolute atomic E-state index is 12.3. The number of hydrogen-bond donors (Lipinski definition) is 0. The number of piperidine rings is 1. The second-order valence-electron chi connectivity index (χ2n) is 6.55. The minimum absolute atomic E-state index is 0.195. The fraction of sp³-hybridized carbons (Fsp3) is 0.588. The number of amides is 2. The van der Waals surface area contributed by atoms with Crippen molar-refractivity contribution < 1.29 is 13.7 Å². The van der Waals surface area contributed by atoms with Crippen molar-refractivity contribution >= 4 is 6.03 Å². The maximum atomic E-state index is 12.3. The Kier molecular flexibility index (Phi) is 4.44. The molecule has 0 radical (unpaired) electrons. The van der Waals surface area contributed by atoms with E-state index in [4.69, 9.17) is 8.94 Å². The summed E-state index contributed by atoms with van der Waals surface area (Å²) in [6, 6.07) is 4.16. The first-order valence-electron chi connectivity index (χ1n) is 8.89. The van der Waals surface area contributed by atoms with Gasteiger partial charge in [-0.2, -0.15) is 4.98 Å². The Balaban J connectivity index is 1.30. The summed E-state index contributed by atoms with van der Waals surface area (Å²) in [5.74, 6) is 1.69. The summed E-state index contributed by atoms with van der Waals surface area (Å²) in [5, 5.41) is 3.96. The summed E-state index contributed by atoms with van der Waals surface area (Å²) >= 11 is 0. The highest BCUT2D eigenvalue weighted by Crippen LogP contribution is 2.23. The van der Waals surface area contributed by atoms with Crippen molar-refractivity contribution in [2.75, 3.05) is 32.7 Å². The Morgan fingerprint density at radius 2 is 2.08 bits per heavy atom. The molecule has 0 N–H and O–H groups in total. The fourth-order valence-corrected chi connectivity index (χ4v) is 3.64. The SMILES string of the molecule is CCN1CCN(C2CCN(Cc3nc(-c4ccco4)no3)CC2)C1=O. The van der Waals surface area contributed by atoms with Crippen LogP contribution < -0.4 is 0 Å². The smallest absolute Gasteiger partial charge is 0.320 e. The summed E-state index contributed by atoms with van der Waals surface area (Å²) in [4.78, 5) is 23.0. The van der Waals surface area contributed by atoms with Crippen LogP contribution in [0.25, 0.3) is 11.6 Å². The van der Waals surface area contributed by atoms with Crippen LogP contribution in [0.4, 0.5) is 4.79 Å². The van der Waals surface area contributed by atoms with Gasteiger partial charge in [0.25, 0.3) is 0 Å². The van der Waals surface area contributed by atoms with Crippen LogP contribution in [0.3, 0.4) is 0 Å². The molecule has 2 saturated heterocycles. The van der Waals surface area contributed by atoms with E-state index in [1.54, 1.807) is 12.3 Å². The lowest BCUT2D eigenvalue weighted by atomic mass is 10.0. The first-order chi connectivity index (χ1) is 12.2. The monoisotopic (exact) mass is 345 g/mol. The molecule has 0 aromatic carbocycles. The molecule has 4 heterocycles. The molecule has 2 aliphatic heterocycles. The number of carbonyl (C=O) groups is 1. The average Bonchev–Trinajstić information content (AvgIpc) is 3.36. The molecule has 2 aromatic rings. The predicted molar refractivity (Wildman–Crippen MR) is 89.6 cm³/mol. The number of urea groups is 1. The lowest BCUT2D eigenvalue weighted by Crippen LogP contribution is -2.46. The van der Waals surface area contributed by atoms with Crippen LogP contribution in [-0.4, -0.2) is 69.6 Å². The van der Waals surface area contributed by atoms with Crippen LogP contribution in [-0.2, 0) is 6.54 Å². The van der Waals surface area contributed by atoms with Crippen LogP contribution in [0, 0.1) is 0 Å². The normalized spacial score (nSPS) is 20.0. The molecular formula is C17H23N5O3. The molecule has 0 saturated carbocycles. The van der Waals surface area contributed by atoms with E-state index in [1.807, 2.05) is 22.8 Å². The van der Waals surface area contributed by atoms with Gasteiger partial charge in [-0.1, -0.05) is 5.16 Å². The summed E-state index contributed by atoms with van der Waals surface area (Å²) in [7, 11) is 0. The highest BCUT2D eigenvalue weighted by atomic mass is 16.5. The van der Waals surface area contributed by atoms with Gasteiger partial charge in [-0.15, -0.1) is 0 Å². The summed E-state index contributed by atoms with van der Waals surface area (Å²) < 4.78 is 10.6. The molecule has 25 heavy (non-hydrogen) atoms. The Bertz CT molecular complexity index is 706. The van der Waals surface area contributed by atoms with E-state index in [9.17, 15) is 4.79 Å². The van der Waals surface area contributed by atoms with E-state index in [0.717, 1.165) is 45.6 Å². The molecule has 0 bridgehead atoms. The van der Waals surface area contributed by atoms with Gasteiger partial charge in [-0.3, -0.25) is 4.90 Å². The zero-order valence-electron chi connectivity index (χ0n) is 14.4. The summed E-state index contributed by atoms with van der Waals surface area (Å²) in [5.41, 5.74) is 0. The van der Waals surface area contributed by atoms with E-state index >= 15 is 0 Å². The van der Waals surface area contributed by atoms with E-state index in [1.165, 1.54) is 0 Å². The Labute approximate surface area is 146 Å². The number of hydrogen-bond acceptors (Lipinski definition) is 6. The van der Waals surface area contributed by atoms with Crippen molar-refractivity contribution in [3.05, 3.63) is 24.3 Å². The topological polar surface area (TPSA) is 78.8 Å². The Hall–Kier alpha value is -2.35. The molecular weight excluding hydrogens is 322 g/mol. The van der Waals surface area contributed by atoms with Gasteiger partial charge < -0.3 is 18.7 Å². The van der Waals surface area contributed by atoms with Crippen molar-refractivity contribution in [1.82, 2.24) is 24.8 Å². The second-order valence-corrected chi connectivity index (χ2v) is 6.55.